The number of hydrogen-bond acceptors (Lipinski definition) is 4. The molecular formula is C23H19ClF2N2O3S2. The highest BCUT2D eigenvalue weighted by atomic mass is 35.5. The average Bonchev–Trinajstić information content (AvgIpc) is 2.78. The third kappa shape index (κ3) is 4.85. The van der Waals surface area contributed by atoms with Crippen molar-refractivity contribution in [2.75, 3.05) is 23.1 Å². The summed E-state index contributed by atoms with van der Waals surface area (Å²) >= 11 is 7.40. The van der Waals surface area contributed by atoms with Gasteiger partial charge in [-0.2, -0.15) is 11.8 Å². The highest BCUT2D eigenvalue weighted by molar-refractivity contribution is 7.98. The van der Waals surface area contributed by atoms with Gasteiger partial charge in [0.05, 0.1) is 10.6 Å². The average molecular weight is 509 g/mol. The van der Waals surface area contributed by atoms with E-state index in [-0.39, 0.29) is 22.9 Å². The number of hydrogen-bond donors (Lipinski definition) is 1. The molecule has 3 aromatic rings. The lowest BCUT2D eigenvalue weighted by atomic mass is 10.0. The quantitative estimate of drug-likeness (QED) is 0.464. The summed E-state index contributed by atoms with van der Waals surface area (Å²) in [6, 6.07) is 14.6. The second-order valence-electron chi connectivity index (χ2n) is 7.27. The maximum atomic E-state index is 13.9. The summed E-state index contributed by atoms with van der Waals surface area (Å²) in [6.07, 6.45) is 0. The van der Waals surface area contributed by atoms with E-state index in [4.69, 9.17) is 11.6 Å². The zero-order valence-corrected chi connectivity index (χ0v) is 19.6. The predicted octanol–water partition coefficient (Wildman–Crippen LogP) is 4.84. The Kier molecular flexibility index (Phi) is 6.92. The van der Waals surface area contributed by atoms with Crippen molar-refractivity contribution in [2.45, 2.75) is 10.6 Å². The molecule has 0 bridgehead atoms. The van der Waals surface area contributed by atoms with Gasteiger partial charge in [-0.25, -0.2) is 17.2 Å². The lowest BCUT2D eigenvalue weighted by Crippen LogP contribution is -2.43. The van der Waals surface area contributed by atoms with Gasteiger partial charge in [0.2, 0.25) is 5.91 Å². The zero-order valence-electron chi connectivity index (χ0n) is 17.2. The molecule has 1 aliphatic heterocycles. The number of thioether (sulfide) groups is 1. The van der Waals surface area contributed by atoms with E-state index in [9.17, 15) is 22.0 Å². The van der Waals surface area contributed by atoms with Gasteiger partial charge in [0.1, 0.15) is 18.2 Å². The van der Waals surface area contributed by atoms with Crippen LogP contribution in [-0.4, -0.2) is 33.2 Å². The van der Waals surface area contributed by atoms with Crippen LogP contribution in [0.4, 0.5) is 14.5 Å². The Labute approximate surface area is 199 Å². The summed E-state index contributed by atoms with van der Waals surface area (Å²) in [6.45, 7) is -0.185. The number of nitrogens with zero attached hydrogens (tertiary/aromatic N) is 1. The van der Waals surface area contributed by atoms with Gasteiger partial charge in [0.25, 0.3) is 10.0 Å². The van der Waals surface area contributed by atoms with Crippen LogP contribution in [0.1, 0.15) is 5.56 Å². The smallest absolute Gasteiger partial charge is 0.265 e. The topological polar surface area (TPSA) is 66.5 Å². The molecule has 1 heterocycles. The lowest BCUT2D eigenvalue weighted by Gasteiger charge is -2.31. The first-order valence-corrected chi connectivity index (χ1v) is 13.0. The van der Waals surface area contributed by atoms with Crippen molar-refractivity contribution in [3.8, 4) is 11.1 Å². The molecule has 0 fully saturated rings. The molecule has 33 heavy (non-hydrogen) atoms. The summed E-state index contributed by atoms with van der Waals surface area (Å²) < 4.78 is 55.1. The van der Waals surface area contributed by atoms with E-state index in [0.29, 0.717) is 33.2 Å². The Balaban J connectivity index is 1.42. The van der Waals surface area contributed by atoms with E-state index in [1.54, 1.807) is 24.3 Å². The molecule has 172 valence electrons. The van der Waals surface area contributed by atoms with Crippen molar-refractivity contribution < 1.29 is 22.0 Å². The van der Waals surface area contributed by atoms with E-state index >= 15 is 0 Å². The Morgan fingerprint density at radius 3 is 2.61 bits per heavy atom. The summed E-state index contributed by atoms with van der Waals surface area (Å²) in [5, 5.41) is 3.03. The van der Waals surface area contributed by atoms with Gasteiger partial charge in [-0.3, -0.25) is 9.10 Å². The van der Waals surface area contributed by atoms with Crippen molar-refractivity contribution in [1.29, 1.82) is 0 Å². The van der Waals surface area contributed by atoms with Gasteiger partial charge in [-0.1, -0.05) is 35.9 Å². The number of fused-ring (bicyclic) bond motifs is 3. The molecule has 1 aliphatic rings. The standard InChI is InChI=1S/C23H19ClF2N2O3S2/c24-19-5-3-6-20(26)18(19)14-32-11-10-27-23(29)13-28-21-9-8-15(25)12-17(21)16-4-1-2-7-22(16)33(28,30)31/h1-9,12H,10-11,13-14H2,(H,27,29). The number of benzene rings is 3. The number of nitrogens with one attached hydrogen (secondary N) is 1. The molecule has 0 spiro atoms. The second kappa shape index (κ2) is 9.70. The Morgan fingerprint density at radius 2 is 1.82 bits per heavy atom. The zero-order chi connectivity index (χ0) is 23.6. The Hall–Kier alpha value is -2.62. The molecule has 0 aromatic heterocycles. The molecular weight excluding hydrogens is 490 g/mol. The second-order valence-corrected chi connectivity index (χ2v) is 10.6. The van der Waals surface area contributed by atoms with Crippen LogP contribution in [0.2, 0.25) is 5.02 Å². The minimum Gasteiger partial charge on any atom is -0.354 e. The number of anilines is 1. The minimum absolute atomic E-state index is 0.0215. The monoisotopic (exact) mass is 508 g/mol. The largest absolute Gasteiger partial charge is 0.354 e. The van der Waals surface area contributed by atoms with Crippen molar-refractivity contribution in [3.63, 3.8) is 0 Å². The first-order chi connectivity index (χ1) is 15.8. The highest BCUT2D eigenvalue weighted by Crippen LogP contribution is 2.42. The SMILES string of the molecule is O=C(CN1c2ccc(F)cc2-c2ccccc2S1(=O)=O)NCCSCc1c(F)cccc1Cl. The van der Waals surface area contributed by atoms with Gasteiger partial charge in [-0.15, -0.1) is 0 Å². The molecule has 0 unspecified atom stereocenters. The number of amides is 1. The number of halogens is 3. The van der Waals surface area contributed by atoms with E-state index in [0.717, 1.165) is 10.4 Å². The molecule has 0 saturated heterocycles. The number of carbonyl (C=O) groups excluding carboxylic acids is 1. The summed E-state index contributed by atoms with van der Waals surface area (Å²) in [5.41, 5.74) is 1.45. The van der Waals surface area contributed by atoms with Crippen LogP contribution in [0.15, 0.2) is 65.6 Å². The molecule has 5 nitrogen and oxygen atoms in total. The molecule has 1 amide bonds. The molecule has 3 aromatic carbocycles. The fraction of sp³-hybridized carbons (Fsp3) is 0.174. The van der Waals surface area contributed by atoms with Crippen molar-refractivity contribution in [3.05, 3.63) is 82.9 Å². The fourth-order valence-corrected chi connectivity index (χ4v) is 6.41. The van der Waals surface area contributed by atoms with Crippen LogP contribution in [0.3, 0.4) is 0 Å². The maximum absolute atomic E-state index is 13.9. The molecule has 0 radical (unpaired) electrons. The normalized spacial score (nSPS) is 13.8. The maximum Gasteiger partial charge on any atom is 0.265 e. The van der Waals surface area contributed by atoms with Crippen molar-refractivity contribution in [1.82, 2.24) is 5.32 Å². The summed E-state index contributed by atoms with van der Waals surface area (Å²) in [5.74, 6) is -0.563. The number of carbonyl (C=O) groups is 1. The predicted molar refractivity (Wildman–Crippen MR) is 127 cm³/mol. The highest BCUT2D eigenvalue weighted by Gasteiger charge is 2.35. The van der Waals surface area contributed by atoms with E-state index in [1.807, 2.05) is 0 Å². The van der Waals surface area contributed by atoms with Gasteiger partial charge in [0, 0.05) is 39.8 Å². The fourth-order valence-electron chi connectivity index (χ4n) is 3.57. The molecule has 0 aliphatic carbocycles. The first kappa shape index (κ1) is 23.5. The molecule has 1 N–H and O–H groups in total. The van der Waals surface area contributed by atoms with Gasteiger partial charge in [-0.05, 0) is 36.4 Å². The van der Waals surface area contributed by atoms with Gasteiger partial charge >= 0.3 is 0 Å². The first-order valence-electron chi connectivity index (χ1n) is 9.98. The van der Waals surface area contributed by atoms with Crippen molar-refractivity contribution >= 4 is 45.0 Å². The van der Waals surface area contributed by atoms with E-state index in [1.165, 1.54) is 42.1 Å². The van der Waals surface area contributed by atoms with Crippen LogP contribution in [0.5, 0.6) is 0 Å². The summed E-state index contributed by atoms with van der Waals surface area (Å²) in [7, 11) is -4.00. The van der Waals surface area contributed by atoms with Crippen LogP contribution in [-0.2, 0) is 20.6 Å². The Morgan fingerprint density at radius 1 is 1.03 bits per heavy atom. The number of rotatable bonds is 7. The van der Waals surface area contributed by atoms with Crippen LogP contribution in [0, 0.1) is 11.6 Å². The minimum atomic E-state index is -4.00. The molecule has 10 heteroatoms. The molecule has 4 rings (SSSR count). The van der Waals surface area contributed by atoms with Gasteiger partial charge < -0.3 is 5.32 Å². The molecule has 0 saturated carbocycles. The van der Waals surface area contributed by atoms with E-state index in [2.05, 4.69) is 5.32 Å². The Bertz CT molecular complexity index is 1300. The summed E-state index contributed by atoms with van der Waals surface area (Å²) in [4.78, 5) is 12.6. The van der Waals surface area contributed by atoms with Crippen LogP contribution >= 0.6 is 23.4 Å². The lowest BCUT2D eigenvalue weighted by molar-refractivity contribution is -0.119. The molecule has 0 atom stereocenters. The van der Waals surface area contributed by atoms with Crippen LogP contribution in [0.25, 0.3) is 11.1 Å². The third-order valence-corrected chi connectivity index (χ3v) is 8.29. The number of sulfonamides is 1. The van der Waals surface area contributed by atoms with E-state index < -0.39 is 28.3 Å². The third-order valence-electron chi connectivity index (χ3n) is 5.14. The van der Waals surface area contributed by atoms with Crippen LogP contribution < -0.4 is 9.62 Å². The van der Waals surface area contributed by atoms with Crippen molar-refractivity contribution in [2.24, 2.45) is 0 Å². The van der Waals surface area contributed by atoms with Gasteiger partial charge in [0.15, 0.2) is 0 Å².